The minimum atomic E-state index is -0.807. The number of aromatic nitrogens is 2. The highest BCUT2D eigenvalue weighted by molar-refractivity contribution is 7.80. The van der Waals surface area contributed by atoms with Crippen molar-refractivity contribution in [1.82, 2.24) is 15.1 Å². The summed E-state index contributed by atoms with van der Waals surface area (Å²) in [6.07, 6.45) is -0.0922. The molecule has 10 nitrogen and oxygen atoms in total. The van der Waals surface area contributed by atoms with Gasteiger partial charge < -0.3 is 10.2 Å². The average molecular weight is 494 g/mol. The summed E-state index contributed by atoms with van der Waals surface area (Å²) in [7, 11) is 1.66. The fourth-order valence-electron chi connectivity index (χ4n) is 3.82. The first-order chi connectivity index (χ1) is 16.9. The lowest BCUT2D eigenvalue weighted by Gasteiger charge is -2.21. The largest absolute Gasteiger partial charge is 0.326 e. The molecule has 1 aromatic heterocycles. The van der Waals surface area contributed by atoms with Crippen LogP contribution in [0.3, 0.4) is 0 Å². The van der Waals surface area contributed by atoms with Crippen LogP contribution in [0.5, 0.6) is 0 Å². The summed E-state index contributed by atoms with van der Waals surface area (Å²) >= 11 is 5.57. The van der Waals surface area contributed by atoms with Crippen LogP contribution in [-0.4, -0.2) is 50.5 Å². The van der Waals surface area contributed by atoms with E-state index in [2.05, 4.69) is 15.9 Å². The molecule has 0 radical (unpaired) electrons. The van der Waals surface area contributed by atoms with Gasteiger partial charge in [0.05, 0.1) is 6.42 Å². The molecule has 2 heterocycles. The second kappa shape index (κ2) is 10.4. The molecule has 11 heteroatoms. The van der Waals surface area contributed by atoms with Crippen molar-refractivity contribution in [3.63, 3.8) is 0 Å². The number of thiocarbonyl (C=S) groups is 1. The van der Waals surface area contributed by atoms with Crippen LogP contribution in [0.15, 0.2) is 65.2 Å². The van der Waals surface area contributed by atoms with Crippen molar-refractivity contribution >= 4 is 46.6 Å². The zero-order valence-electron chi connectivity index (χ0n) is 19.3. The second-order valence-electron chi connectivity index (χ2n) is 7.92. The normalized spacial score (nSPS) is 15.4. The van der Waals surface area contributed by atoms with E-state index in [9.17, 15) is 14.4 Å². The zero-order chi connectivity index (χ0) is 24.9. The predicted octanol–water partition coefficient (Wildman–Crippen LogP) is 2.10. The summed E-state index contributed by atoms with van der Waals surface area (Å²) in [5.74, 6) is -0.793. The number of carbonyl (C=O) groups excluding carboxylic acids is 3. The van der Waals surface area contributed by atoms with Crippen molar-refractivity contribution in [2.45, 2.75) is 25.9 Å². The van der Waals surface area contributed by atoms with E-state index in [1.54, 1.807) is 48.3 Å². The first kappa shape index (κ1) is 24.0. The predicted molar refractivity (Wildman–Crippen MR) is 131 cm³/mol. The second-order valence-corrected chi connectivity index (χ2v) is 8.28. The van der Waals surface area contributed by atoms with E-state index in [-0.39, 0.29) is 36.6 Å². The van der Waals surface area contributed by atoms with Gasteiger partial charge in [0.25, 0.3) is 17.5 Å². The van der Waals surface area contributed by atoms with Crippen molar-refractivity contribution in [2.75, 3.05) is 17.2 Å². The van der Waals surface area contributed by atoms with Crippen LogP contribution in [0, 0.1) is 0 Å². The number of rotatable bonds is 8. The summed E-state index contributed by atoms with van der Waals surface area (Å²) in [5.41, 5.74) is 1.59. The van der Waals surface area contributed by atoms with Gasteiger partial charge in [0.2, 0.25) is 11.2 Å². The summed E-state index contributed by atoms with van der Waals surface area (Å²) in [5, 5.41) is 9.75. The number of amides is 3. The van der Waals surface area contributed by atoms with E-state index in [1.165, 1.54) is 9.58 Å². The smallest absolute Gasteiger partial charge is 0.307 e. The van der Waals surface area contributed by atoms with Crippen LogP contribution in [0.2, 0.25) is 0 Å². The third kappa shape index (κ3) is 5.19. The van der Waals surface area contributed by atoms with E-state index in [0.29, 0.717) is 28.6 Å². The lowest BCUT2D eigenvalue weighted by molar-refractivity contribution is -0.746. The van der Waals surface area contributed by atoms with Gasteiger partial charge in [-0.15, -0.1) is 0 Å². The van der Waals surface area contributed by atoms with Crippen LogP contribution in [0.1, 0.15) is 29.4 Å². The molecule has 0 aliphatic carbocycles. The maximum atomic E-state index is 13.1. The molecule has 3 amide bonds. The molecule has 2 N–H and O–H groups in total. The molecule has 4 rings (SSSR count). The maximum absolute atomic E-state index is 13.1. The maximum Gasteiger partial charge on any atom is 0.307 e. The first-order valence-corrected chi connectivity index (χ1v) is 11.5. The van der Waals surface area contributed by atoms with Gasteiger partial charge in [-0.1, -0.05) is 36.4 Å². The Hall–Kier alpha value is -4.12. The van der Waals surface area contributed by atoms with Gasteiger partial charge in [-0.25, -0.2) is 0 Å². The Bertz CT molecular complexity index is 1250. The standard InChI is InChI=1S/C24H24N6O4S/c1-3-29-23(33)18(14-20(31)25-17-12-8-5-9-13-17)30(24(29)35)15-19-22(34-27-28(19)2)26-21(32)16-10-6-4-7-11-16/h4-13,18H,3,14-15H2,1-2H3,(H-,25,26,27,31,32)/p+1. The molecule has 1 fully saturated rings. The minimum Gasteiger partial charge on any atom is -0.326 e. The van der Waals surface area contributed by atoms with Crippen molar-refractivity contribution in [1.29, 1.82) is 0 Å². The third-order valence-corrected chi connectivity index (χ3v) is 6.10. The summed E-state index contributed by atoms with van der Waals surface area (Å²) in [4.78, 5) is 41.6. The number of para-hydroxylation sites is 1. The monoisotopic (exact) mass is 493 g/mol. The summed E-state index contributed by atoms with van der Waals surface area (Å²) in [6.45, 7) is 2.30. The highest BCUT2D eigenvalue weighted by Gasteiger charge is 2.44. The van der Waals surface area contributed by atoms with Crippen LogP contribution >= 0.6 is 12.2 Å². The molecule has 0 spiro atoms. The van der Waals surface area contributed by atoms with E-state index in [4.69, 9.17) is 16.7 Å². The molecule has 1 saturated heterocycles. The number of hydrogen-bond acceptors (Lipinski definition) is 6. The lowest BCUT2D eigenvalue weighted by atomic mass is 10.1. The van der Waals surface area contributed by atoms with E-state index in [1.807, 2.05) is 31.2 Å². The lowest BCUT2D eigenvalue weighted by Crippen LogP contribution is -2.43. The van der Waals surface area contributed by atoms with Crippen LogP contribution < -0.4 is 15.3 Å². The molecular formula is C24H25N6O4S+. The molecule has 35 heavy (non-hydrogen) atoms. The number of carbonyl (C=O) groups is 3. The number of likely N-dealkylation sites (N-methyl/N-ethyl adjacent to an activating group) is 1. The fourth-order valence-corrected chi connectivity index (χ4v) is 4.23. The Kier molecular flexibility index (Phi) is 7.16. The summed E-state index contributed by atoms with van der Waals surface area (Å²) in [6, 6.07) is 16.9. The van der Waals surface area contributed by atoms with Gasteiger partial charge >= 0.3 is 5.88 Å². The Labute approximate surface area is 207 Å². The highest BCUT2D eigenvalue weighted by Crippen LogP contribution is 2.25. The van der Waals surface area contributed by atoms with E-state index in [0.717, 1.165) is 0 Å². The fraction of sp³-hybridized carbons (Fsp3) is 0.250. The SMILES string of the molecule is CCN1C(=O)C(CC(=O)Nc2ccccc2)N(Cc2c(NC(=O)c3ccccc3)on[n+]2C)C1=S. The molecule has 1 aliphatic rings. The molecule has 180 valence electrons. The van der Waals surface area contributed by atoms with Gasteiger partial charge in [0.15, 0.2) is 12.2 Å². The number of nitrogens with zero attached hydrogens (tertiary/aromatic N) is 4. The van der Waals surface area contributed by atoms with Gasteiger partial charge in [-0.2, -0.15) is 0 Å². The Morgan fingerprint density at radius 2 is 1.74 bits per heavy atom. The number of nitrogens with one attached hydrogen (secondary N) is 2. The molecule has 1 aliphatic heterocycles. The van der Waals surface area contributed by atoms with Crippen LogP contribution in [-0.2, 0) is 23.2 Å². The minimum absolute atomic E-state index is 0.0922. The van der Waals surface area contributed by atoms with Crippen molar-refractivity contribution in [3.05, 3.63) is 71.9 Å². The third-order valence-electron chi connectivity index (χ3n) is 5.65. The van der Waals surface area contributed by atoms with E-state index >= 15 is 0 Å². The van der Waals surface area contributed by atoms with Gasteiger partial charge in [-0.05, 0) is 48.1 Å². The number of hydrogen-bond donors (Lipinski definition) is 2. The highest BCUT2D eigenvalue weighted by atomic mass is 32.1. The Morgan fingerprint density at radius 1 is 1.09 bits per heavy atom. The average Bonchev–Trinajstić information content (AvgIpc) is 3.31. The number of benzene rings is 2. The molecule has 1 atom stereocenters. The Balaban J connectivity index is 1.55. The molecule has 0 saturated carbocycles. The topological polar surface area (TPSA) is 112 Å². The van der Waals surface area contributed by atoms with Crippen LogP contribution in [0.25, 0.3) is 0 Å². The van der Waals surface area contributed by atoms with E-state index < -0.39 is 6.04 Å². The molecule has 0 bridgehead atoms. The first-order valence-electron chi connectivity index (χ1n) is 11.1. The number of anilines is 2. The summed E-state index contributed by atoms with van der Waals surface area (Å²) < 4.78 is 6.80. The molecular weight excluding hydrogens is 468 g/mol. The zero-order valence-corrected chi connectivity index (χ0v) is 20.1. The molecule has 1 unspecified atom stereocenters. The van der Waals surface area contributed by atoms with Crippen molar-refractivity contribution in [2.24, 2.45) is 7.05 Å². The molecule has 2 aromatic carbocycles. The van der Waals surface area contributed by atoms with Gasteiger partial charge in [0, 0.05) is 17.8 Å². The molecule has 3 aromatic rings. The Morgan fingerprint density at radius 3 is 2.40 bits per heavy atom. The van der Waals surface area contributed by atoms with Gasteiger partial charge in [0.1, 0.15) is 12.6 Å². The van der Waals surface area contributed by atoms with Crippen molar-refractivity contribution in [3.8, 4) is 0 Å². The van der Waals surface area contributed by atoms with Gasteiger partial charge in [-0.3, -0.25) is 29.1 Å². The quantitative estimate of drug-likeness (QED) is 0.365. The number of aryl methyl sites for hydroxylation is 1. The van der Waals surface area contributed by atoms with Crippen molar-refractivity contribution < 1.29 is 23.6 Å². The van der Waals surface area contributed by atoms with Crippen LogP contribution in [0.4, 0.5) is 11.6 Å².